The van der Waals surface area contributed by atoms with Crippen molar-refractivity contribution in [3.63, 3.8) is 0 Å². The van der Waals surface area contributed by atoms with Crippen LogP contribution in [0.3, 0.4) is 0 Å². The smallest absolute Gasteiger partial charge is 0.282 e. The number of nitrogens with zero attached hydrogens (tertiary/aromatic N) is 1. The van der Waals surface area contributed by atoms with E-state index in [-0.39, 0.29) is 17.4 Å². The van der Waals surface area contributed by atoms with Gasteiger partial charge < -0.3 is 14.8 Å². The minimum absolute atomic E-state index is 0.0561. The zero-order valence-electron chi connectivity index (χ0n) is 19.1. The molecule has 3 aromatic carbocycles. The van der Waals surface area contributed by atoms with E-state index in [1.54, 1.807) is 25.3 Å². The third-order valence-electron chi connectivity index (χ3n) is 5.22. The molecule has 0 atom stereocenters. The first-order valence-electron chi connectivity index (χ1n) is 10.8. The van der Waals surface area contributed by atoms with Crippen molar-refractivity contribution in [2.45, 2.75) is 26.9 Å². The zero-order valence-corrected chi connectivity index (χ0v) is 19.1. The molecule has 0 aliphatic carbocycles. The van der Waals surface area contributed by atoms with E-state index >= 15 is 0 Å². The molecular weight excluding hydrogens is 416 g/mol. The normalized spacial score (nSPS) is 13.7. The molecule has 0 bridgehead atoms. The summed E-state index contributed by atoms with van der Waals surface area (Å²) in [6.45, 7) is 5.83. The lowest BCUT2D eigenvalue weighted by atomic mass is 10.0. The van der Waals surface area contributed by atoms with Crippen LogP contribution in [-0.2, 0) is 9.59 Å². The Kier molecular flexibility index (Phi) is 6.18. The molecule has 6 nitrogen and oxygen atoms in total. The van der Waals surface area contributed by atoms with E-state index in [4.69, 9.17) is 9.47 Å². The Hall–Kier alpha value is -4.06. The monoisotopic (exact) mass is 442 g/mol. The largest absolute Gasteiger partial charge is 0.496 e. The van der Waals surface area contributed by atoms with Gasteiger partial charge in [-0.2, -0.15) is 0 Å². The lowest BCUT2D eigenvalue weighted by Gasteiger charge is -2.16. The van der Waals surface area contributed by atoms with Crippen LogP contribution in [0, 0.1) is 6.92 Å². The fourth-order valence-corrected chi connectivity index (χ4v) is 3.78. The van der Waals surface area contributed by atoms with Gasteiger partial charge in [-0.05, 0) is 68.8 Å². The van der Waals surface area contributed by atoms with Crippen molar-refractivity contribution in [1.82, 2.24) is 0 Å². The summed E-state index contributed by atoms with van der Waals surface area (Å²) in [5.74, 6) is 0.413. The molecule has 3 aromatic rings. The molecule has 2 amide bonds. The molecule has 0 unspecified atom stereocenters. The molecule has 168 valence electrons. The number of hydrogen-bond acceptors (Lipinski definition) is 5. The number of para-hydroxylation sites is 1. The molecule has 1 N–H and O–H groups in total. The summed E-state index contributed by atoms with van der Waals surface area (Å²) in [5, 5.41) is 3.17. The van der Waals surface area contributed by atoms with Gasteiger partial charge in [0, 0.05) is 11.3 Å². The summed E-state index contributed by atoms with van der Waals surface area (Å²) in [4.78, 5) is 28.4. The Balaban J connectivity index is 1.78. The molecular formula is C27H26N2O4. The first-order valence-corrected chi connectivity index (χ1v) is 10.8. The van der Waals surface area contributed by atoms with Crippen LogP contribution in [0.2, 0.25) is 0 Å². The van der Waals surface area contributed by atoms with Crippen molar-refractivity contribution < 1.29 is 19.1 Å². The minimum Gasteiger partial charge on any atom is -0.496 e. The van der Waals surface area contributed by atoms with Gasteiger partial charge in [-0.25, -0.2) is 4.90 Å². The third-order valence-corrected chi connectivity index (χ3v) is 5.22. The molecule has 0 fully saturated rings. The quantitative estimate of drug-likeness (QED) is 0.510. The van der Waals surface area contributed by atoms with Crippen molar-refractivity contribution in [3.05, 3.63) is 89.6 Å². The summed E-state index contributed by atoms with van der Waals surface area (Å²) in [6.07, 6.45) is 0.0561. The van der Waals surface area contributed by atoms with Gasteiger partial charge in [0.05, 0.1) is 24.5 Å². The average Bonchev–Trinajstić information content (AvgIpc) is 3.03. The number of aryl methyl sites for hydroxylation is 1. The van der Waals surface area contributed by atoms with Crippen LogP contribution in [0.15, 0.2) is 78.5 Å². The van der Waals surface area contributed by atoms with Crippen molar-refractivity contribution in [1.29, 1.82) is 0 Å². The first-order chi connectivity index (χ1) is 15.9. The number of benzene rings is 3. The second-order valence-corrected chi connectivity index (χ2v) is 8.05. The van der Waals surface area contributed by atoms with E-state index in [0.29, 0.717) is 22.7 Å². The van der Waals surface area contributed by atoms with Gasteiger partial charge in [-0.1, -0.05) is 30.3 Å². The maximum Gasteiger partial charge on any atom is 0.282 e. The number of carbonyl (C=O) groups is 2. The van der Waals surface area contributed by atoms with E-state index in [9.17, 15) is 9.59 Å². The van der Waals surface area contributed by atoms with Gasteiger partial charge in [0.1, 0.15) is 17.2 Å². The Bertz CT molecular complexity index is 1230. The lowest BCUT2D eigenvalue weighted by Crippen LogP contribution is -2.32. The molecule has 33 heavy (non-hydrogen) atoms. The van der Waals surface area contributed by atoms with Gasteiger partial charge in [-0.3, -0.25) is 9.59 Å². The van der Waals surface area contributed by atoms with Crippen LogP contribution in [0.25, 0.3) is 5.57 Å². The second-order valence-electron chi connectivity index (χ2n) is 8.05. The summed E-state index contributed by atoms with van der Waals surface area (Å²) < 4.78 is 11.2. The Morgan fingerprint density at radius 2 is 1.61 bits per heavy atom. The summed E-state index contributed by atoms with van der Waals surface area (Å²) in [7, 11) is 1.54. The first kappa shape index (κ1) is 22.1. The highest BCUT2D eigenvalue weighted by Crippen LogP contribution is 2.37. The molecule has 6 heteroatoms. The Labute approximate surface area is 193 Å². The Morgan fingerprint density at radius 3 is 2.27 bits per heavy atom. The number of nitrogens with one attached hydrogen (secondary N) is 1. The average molecular weight is 443 g/mol. The standard InChI is InChI=1S/C27H26N2O4/c1-17(2)33-21-14-12-19(13-15-21)28-25-24(22-10-5-6-11-23(22)32-4)26(30)29(27(25)31)20-9-7-8-18(3)16-20/h5-17,28H,1-4H3. The highest BCUT2D eigenvalue weighted by atomic mass is 16.5. The number of ether oxygens (including phenoxy) is 2. The maximum absolute atomic E-state index is 13.6. The second kappa shape index (κ2) is 9.20. The number of rotatable bonds is 7. The molecule has 1 aliphatic heterocycles. The van der Waals surface area contributed by atoms with Crippen LogP contribution in [-0.4, -0.2) is 25.0 Å². The third kappa shape index (κ3) is 4.46. The number of hydrogen-bond donors (Lipinski definition) is 1. The highest BCUT2D eigenvalue weighted by molar-refractivity contribution is 6.46. The fourth-order valence-electron chi connectivity index (χ4n) is 3.78. The van der Waals surface area contributed by atoms with Crippen molar-refractivity contribution >= 4 is 28.8 Å². The topological polar surface area (TPSA) is 67.9 Å². The van der Waals surface area contributed by atoms with E-state index in [1.807, 2.05) is 75.4 Å². The van der Waals surface area contributed by atoms with E-state index in [2.05, 4.69) is 5.32 Å². The number of imide groups is 1. The van der Waals surface area contributed by atoms with Gasteiger partial charge in [0.15, 0.2) is 0 Å². The van der Waals surface area contributed by atoms with Gasteiger partial charge in [0.2, 0.25) is 0 Å². The molecule has 0 saturated heterocycles. The van der Waals surface area contributed by atoms with Gasteiger partial charge in [-0.15, -0.1) is 0 Å². The van der Waals surface area contributed by atoms with Gasteiger partial charge in [0.25, 0.3) is 11.8 Å². The molecule has 0 spiro atoms. The predicted octanol–water partition coefficient (Wildman–Crippen LogP) is 5.19. The summed E-state index contributed by atoms with van der Waals surface area (Å²) in [5.41, 5.74) is 3.16. The number of carbonyl (C=O) groups excluding carboxylic acids is 2. The lowest BCUT2D eigenvalue weighted by molar-refractivity contribution is -0.120. The number of methoxy groups -OCH3 is 1. The van der Waals surface area contributed by atoms with Crippen LogP contribution in [0.4, 0.5) is 11.4 Å². The molecule has 1 aliphatic rings. The van der Waals surface area contributed by atoms with Crippen LogP contribution >= 0.6 is 0 Å². The maximum atomic E-state index is 13.6. The molecule has 0 radical (unpaired) electrons. The van der Waals surface area contributed by atoms with Gasteiger partial charge >= 0.3 is 0 Å². The number of amides is 2. The molecule has 1 heterocycles. The summed E-state index contributed by atoms with van der Waals surface area (Å²) in [6, 6.07) is 21.8. The SMILES string of the molecule is COc1ccccc1C1=C(Nc2ccc(OC(C)C)cc2)C(=O)N(c2cccc(C)c2)C1=O. The zero-order chi connectivity index (χ0) is 23.5. The fraction of sp³-hybridized carbons (Fsp3) is 0.185. The van der Waals surface area contributed by atoms with Crippen LogP contribution in [0.5, 0.6) is 11.5 Å². The van der Waals surface area contributed by atoms with E-state index in [1.165, 1.54) is 4.90 Å². The van der Waals surface area contributed by atoms with E-state index < -0.39 is 11.8 Å². The highest BCUT2D eigenvalue weighted by Gasteiger charge is 2.41. The Morgan fingerprint density at radius 1 is 0.879 bits per heavy atom. The van der Waals surface area contributed by atoms with Crippen molar-refractivity contribution in [3.8, 4) is 11.5 Å². The molecule has 0 saturated carbocycles. The minimum atomic E-state index is -0.422. The predicted molar refractivity (Wildman–Crippen MR) is 129 cm³/mol. The van der Waals surface area contributed by atoms with Crippen LogP contribution < -0.4 is 19.7 Å². The summed E-state index contributed by atoms with van der Waals surface area (Å²) >= 11 is 0. The van der Waals surface area contributed by atoms with E-state index in [0.717, 1.165) is 11.3 Å². The molecule has 4 rings (SSSR count). The van der Waals surface area contributed by atoms with Crippen molar-refractivity contribution in [2.24, 2.45) is 0 Å². The van der Waals surface area contributed by atoms with Crippen LogP contribution in [0.1, 0.15) is 25.0 Å². The molecule has 0 aromatic heterocycles. The van der Waals surface area contributed by atoms with Crippen molar-refractivity contribution in [2.75, 3.05) is 17.3 Å². The number of anilines is 2.